The van der Waals surface area contributed by atoms with Crippen LogP contribution in [0.25, 0.3) is 11.1 Å². The number of hydrogen-bond acceptors (Lipinski definition) is 3. The molecule has 2 aliphatic rings. The highest BCUT2D eigenvalue weighted by molar-refractivity contribution is 5.94. The molecule has 2 aliphatic heterocycles. The van der Waals surface area contributed by atoms with E-state index in [1.807, 2.05) is 36.4 Å². The number of rotatable bonds is 4. The standard InChI is InChI=1S/C27H26F2N4O2/c1-32(2)26(34)19-9-5-17(6-10-19)16-3-7-18(8-4-16)25-23-14-30-15-24(25)33(23)27(35)31-22-13-20(28)11-12-21(22)29/h3-13,23-25,30H,14-15H2,1-2H3,(H,31,35)/t23-,24+,25?. The molecule has 0 aromatic heterocycles. The van der Waals surface area contributed by atoms with Crippen LogP contribution in [0.3, 0.4) is 0 Å². The monoisotopic (exact) mass is 476 g/mol. The number of halogens is 2. The third-order valence-corrected chi connectivity index (χ3v) is 6.82. The van der Waals surface area contributed by atoms with E-state index in [9.17, 15) is 18.4 Å². The van der Waals surface area contributed by atoms with Gasteiger partial charge in [-0.05, 0) is 41.0 Å². The Labute approximate surface area is 202 Å². The molecule has 3 amide bonds. The number of nitrogens with zero attached hydrogens (tertiary/aromatic N) is 2. The van der Waals surface area contributed by atoms with Crippen LogP contribution in [-0.4, -0.2) is 61.0 Å². The summed E-state index contributed by atoms with van der Waals surface area (Å²) in [6, 6.07) is 18.2. The predicted octanol–water partition coefficient (Wildman–Crippen LogP) is 4.31. The van der Waals surface area contributed by atoms with Crippen LogP contribution in [0.2, 0.25) is 0 Å². The third kappa shape index (κ3) is 4.25. The Morgan fingerprint density at radius 1 is 0.914 bits per heavy atom. The van der Waals surface area contributed by atoms with Crippen LogP contribution in [0.1, 0.15) is 21.8 Å². The van der Waals surface area contributed by atoms with Gasteiger partial charge < -0.3 is 20.4 Å². The van der Waals surface area contributed by atoms with Crippen molar-refractivity contribution < 1.29 is 18.4 Å². The lowest BCUT2D eigenvalue weighted by Crippen LogP contribution is -2.74. The summed E-state index contributed by atoms with van der Waals surface area (Å²) in [6.45, 7) is 1.26. The molecular weight excluding hydrogens is 450 g/mol. The van der Waals surface area contributed by atoms with Crippen molar-refractivity contribution >= 4 is 17.6 Å². The van der Waals surface area contributed by atoms with Crippen molar-refractivity contribution in [3.05, 3.63) is 89.5 Å². The van der Waals surface area contributed by atoms with Gasteiger partial charge in [0, 0.05) is 44.7 Å². The highest BCUT2D eigenvalue weighted by Gasteiger charge is 2.53. The fourth-order valence-electron chi connectivity index (χ4n) is 5.06. The average Bonchev–Trinajstić information content (AvgIpc) is 2.86. The lowest BCUT2D eigenvalue weighted by molar-refractivity contribution is 0.00199. The van der Waals surface area contributed by atoms with Crippen LogP contribution in [-0.2, 0) is 0 Å². The van der Waals surface area contributed by atoms with E-state index in [1.54, 1.807) is 23.9 Å². The van der Waals surface area contributed by atoms with Crippen LogP contribution in [0.5, 0.6) is 0 Å². The summed E-state index contributed by atoms with van der Waals surface area (Å²) in [7, 11) is 3.45. The Bertz CT molecular complexity index is 1250. The van der Waals surface area contributed by atoms with Gasteiger partial charge in [0.2, 0.25) is 0 Å². The summed E-state index contributed by atoms with van der Waals surface area (Å²) >= 11 is 0. The molecule has 0 saturated carbocycles. The molecule has 1 unspecified atom stereocenters. The SMILES string of the molecule is CN(C)C(=O)c1ccc(-c2ccc(C3[C@H]4CNC[C@@H]3N4C(=O)Nc3cc(F)ccc3F)cc2)cc1. The van der Waals surface area contributed by atoms with Gasteiger partial charge in [-0.3, -0.25) is 4.79 Å². The van der Waals surface area contributed by atoms with Crippen LogP contribution in [0, 0.1) is 11.6 Å². The Morgan fingerprint density at radius 3 is 2.11 bits per heavy atom. The lowest BCUT2D eigenvalue weighted by Gasteiger charge is -2.59. The maximum absolute atomic E-state index is 14.0. The van der Waals surface area contributed by atoms with E-state index in [4.69, 9.17) is 0 Å². The van der Waals surface area contributed by atoms with E-state index in [0.717, 1.165) is 34.9 Å². The number of piperidine rings is 1. The number of hydrogen-bond donors (Lipinski definition) is 2. The lowest BCUT2D eigenvalue weighted by atomic mass is 9.72. The van der Waals surface area contributed by atoms with Gasteiger partial charge in [0.1, 0.15) is 11.6 Å². The molecule has 2 saturated heterocycles. The Balaban J connectivity index is 1.29. The van der Waals surface area contributed by atoms with E-state index in [2.05, 4.69) is 22.8 Å². The summed E-state index contributed by atoms with van der Waals surface area (Å²) in [4.78, 5) is 28.3. The first kappa shape index (κ1) is 23.0. The van der Waals surface area contributed by atoms with E-state index < -0.39 is 17.7 Å². The molecule has 2 fully saturated rings. The zero-order valence-electron chi connectivity index (χ0n) is 19.5. The maximum Gasteiger partial charge on any atom is 0.322 e. The van der Waals surface area contributed by atoms with E-state index >= 15 is 0 Å². The van der Waals surface area contributed by atoms with Gasteiger partial charge in [0.25, 0.3) is 5.91 Å². The molecule has 2 bridgehead atoms. The molecule has 3 aromatic carbocycles. The van der Waals surface area contributed by atoms with Crippen molar-refractivity contribution in [3.63, 3.8) is 0 Å². The molecule has 0 radical (unpaired) electrons. The first-order valence-corrected chi connectivity index (χ1v) is 11.5. The second-order valence-corrected chi connectivity index (χ2v) is 9.18. The van der Waals surface area contributed by atoms with Crippen molar-refractivity contribution in [1.82, 2.24) is 15.1 Å². The summed E-state index contributed by atoms with van der Waals surface area (Å²) in [5.74, 6) is -1.15. The zero-order chi connectivity index (χ0) is 24.7. The van der Waals surface area contributed by atoms with Gasteiger partial charge in [-0.25, -0.2) is 13.6 Å². The van der Waals surface area contributed by atoms with Crippen molar-refractivity contribution in [2.24, 2.45) is 0 Å². The van der Waals surface area contributed by atoms with E-state index in [-0.39, 0.29) is 29.6 Å². The predicted molar refractivity (Wildman–Crippen MR) is 130 cm³/mol. The zero-order valence-corrected chi connectivity index (χ0v) is 19.5. The van der Waals surface area contributed by atoms with Crippen molar-refractivity contribution in [3.8, 4) is 11.1 Å². The van der Waals surface area contributed by atoms with Gasteiger partial charge in [0.15, 0.2) is 0 Å². The molecule has 3 aromatic rings. The topological polar surface area (TPSA) is 64.7 Å². The van der Waals surface area contributed by atoms with Crippen LogP contribution >= 0.6 is 0 Å². The number of carbonyl (C=O) groups is 2. The second-order valence-electron chi connectivity index (χ2n) is 9.18. The number of piperazine rings is 1. The van der Waals surface area contributed by atoms with Crippen molar-refractivity contribution in [1.29, 1.82) is 0 Å². The summed E-state index contributed by atoms with van der Waals surface area (Å²) in [6.07, 6.45) is 0. The first-order chi connectivity index (χ1) is 16.8. The van der Waals surface area contributed by atoms with Gasteiger partial charge in [-0.1, -0.05) is 36.4 Å². The number of amides is 3. The Morgan fingerprint density at radius 2 is 1.51 bits per heavy atom. The highest BCUT2D eigenvalue weighted by atomic mass is 19.1. The number of urea groups is 1. The van der Waals surface area contributed by atoms with Crippen LogP contribution < -0.4 is 10.6 Å². The van der Waals surface area contributed by atoms with Gasteiger partial charge in [-0.2, -0.15) is 0 Å². The molecule has 6 nitrogen and oxygen atoms in total. The molecule has 180 valence electrons. The fourth-order valence-corrected chi connectivity index (χ4v) is 5.06. The second kappa shape index (κ2) is 9.11. The largest absolute Gasteiger partial charge is 0.345 e. The summed E-state index contributed by atoms with van der Waals surface area (Å²) in [5, 5.41) is 5.85. The highest BCUT2D eigenvalue weighted by Crippen LogP contribution is 2.43. The molecule has 2 N–H and O–H groups in total. The number of likely N-dealkylation sites (tertiary alicyclic amines) is 1. The van der Waals surface area contributed by atoms with Crippen molar-refractivity contribution in [2.45, 2.75) is 18.0 Å². The van der Waals surface area contributed by atoms with Gasteiger partial charge in [-0.15, -0.1) is 0 Å². The fraction of sp³-hybridized carbons (Fsp3) is 0.259. The summed E-state index contributed by atoms with van der Waals surface area (Å²) < 4.78 is 27.5. The molecule has 0 spiro atoms. The van der Waals surface area contributed by atoms with Gasteiger partial charge in [0.05, 0.1) is 17.8 Å². The van der Waals surface area contributed by atoms with Crippen molar-refractivity contribution in [2.75, 3.05) is 32.5 Å². The smallest absolute Gasteiger partial charge is 0.322 e. The number of fused-ring (bicyclic) bond motifs is 2. The maximum atomic E-state index is 14.0. The molecule has 8 heteroatoms. The van der Waals surface area contributed by atoms with E-state index in [1.165, 1.54) is 0 Å². The van der Waals surface area contributed by atoms with Crippen LogP contribution in [0.15, 0.2) is 66.7 Å². The van der Waals surface area contributed by atoms with Crippen LogP contribution in [0.4, 0.5) is 19.3 Å². The quantitative estimate of drug-likeness (QED) is 0.590. The molecule has 2 heterocycles. The number of carbonyl (C=O) groups excluding carboxylic acids is 2. The Kier molecular flexibility index (Phi) is 5.98. The number of benzene rings is 3. The number of anilines is 1. The Hall–Kier alpha value is -3.78. The molecular formula is C27H26F2N4O2. The first-order valence-electron chi connectivity index (χ1n) is 11.5. The minimum atomic E-state index is -0.671. The normalized spacial score (nSPS) is 20.7. The minimum absolute atomic E-state index is 0.0363. The molecule has 5 rings (SSSR count). The number of nitrogens with one attached hydrogen (secondary N) is 2. The minimum Gasteiger partial charge on any atom is -0.345 e. The van der Waals surface area contributed by atoms with E-state index in [0.29, 0.717) is 18.7 Å². The molecule has 0 aliphatic carbocycles. The third-order valence-electron chi connectivity index (χ3n) is 6.82. The summed E-state index contributed by atoms with van der Waals surface area (Å²) in [5.41, 5.74) is 3.66. The van der Waals surface area contributed by atoms with Gasteiger partial charge >= 0.3 is 6.03 Å². The molecule has 35 heavy (non-hydrogen) atoms. The molecule has 3 atom stereocenters. The average molecular weight is 477 g/mol.